The van der Waals surface area contributed by atoms with Crippen molar-refractivity contribution in [3.8, 4) is 0 Å². The van der Waals surface area contributed by atoms with E-state index in [1.165, 1.54) is 14.8 Å². The first-order valence-corrected chi connectivity index (χ1v) is 21.6. The molecule has 0 N–H and O–H groups in total. The molecule has 0 saturated carbocycles. The molecule has 0 atom stereocenters. The first-order valence-electron chi connectivity index (χ1n) is 10.8. The second kappa shape index (κ2) is 10.7. The summed E-state index contributed by atoms with van der Waals surface area (Å²) in [4.78, 5) is 0. The third-order valence-corrected chi connectivity index (χ3v) is 28.7. The molecule has 1 aliphatic rings. The van der Waals surface area contributed by atoms with Crippen LogP contribution in [0.25, 0.3) is 0 Å². The molecule has 164 valence electrons. The van der Waals surface area contributed by atoms with Crippen molar-refractivity contribution in [1.82, 2.24) is 8.53 Å². The van der Waals surface area contributed by atoms with Crippen molar-refractivity contribution in [2.24, 2.45) is 0 Å². The van der Waals surface area contributed by atoms with Crippen molar-refractivity contribution in [1.29, 1.82) is 0 Å². The van der Waals surface area contributed by atoms with Gasteiger partial charge in [0.2, 0.25) is 0 Å². The Kier molecular flexibility index (Phi) is 10.2. The SMILES string of the molecule is CC[N](CC)[Zr]([C]1=[C]([Ge]([CH3])([CH3])[C](F)(F)F)C=CC1)([N](CC)CC)[N](CC)CC. The van der Waals surface area contributed by atoms with Gasteiger partial charge in [0.15, 0.2) is 0 Å². The van der Waals surface area contributed by atoms with Crippen molar-refractivity contribution < 1.29 is 34.3 Å². The van der Waals surface area contributed by atoms with E-state index in [1.807, 2.05) is 12.2 Å². The summed E-state index contributed by atoms with van der Waals surface area (Å²) >= 11 is -7.88. The summed E-state index contributed by atoms with van der Waals surface area (Å²) in [6.45, 7) is 18.3. The maximum absolute atomic E-state index is 14.1. The van der Waals surface area contributed by atoms with Crippen molar-refractivity contribution in [2.75, 3.05) is 39.3 Å². The van der Waals surface area contributed by atoms with E-state index in [-0.39, 0.29) is 0 Å². The van der Waals surface area contributed by atoms with Crippen molar-refractivity contribution in [3.63, 3.8) is 0 Å². The fourth-order valence-corrected chi connectivity index (χ4v) is 28.7. The minimum atomic E-state index is -4.21. The molecule has 3 nitrogen and oxygen atoms in total. The molecule has 0 heterocycles. The topological polar surface area (TPSA) is 9.72 Å². The van der Waals surface area contributed by atoms with Crippen molar-refractivity contribution in [2.45, 2.75) is 64.5 Å². The number of hydrogen-bond acceptors (Lipinski definition) is 3. The molecule has 0 aromatic heterocycles. The van der Waals surface area contributed by atoms with Gasteiger partial charge in [-0.3, -0.25) is 0 Å². The van der Waals surface area contributed by atoms with Crippen LogP contribution in [0.2, 0.25) is 11.5 Å². The molecule has 0 unspecified atom stereocenters. The third kappa shape index (κ3) is 4.58. The van der Waals surface area contributed by atoms with Crippen LogP contribution in [0.15, 0.2) is 19.8 Å². The molecule has 0 spiro atoms. The predicted molar refractivity (Wildman–Crippen MR) is 113 cm³/mol. The first kappa shape index (κ1) is 26.6. The molecule has 0 fully saturated rings. The van der Waals surface area contributed by atoms with Crippen LogP contribution in [0.3, 0.4) is 0 Å². The number of hydrogen-bond donors (Lipinski definition) is 0. The van der Waals surface area contributed by atoms with E-state index in [4.69, 9.17) is 0 Å². The summed E-state index contributed by atoms with van der Waals surface area (Å²) in [5.74, 6) is 3.07. The Hall–Kier alpha value is 0.576. The van der Waals surface area contributed by atoms with Gasteiger partial charge >= 0.3 is 180 Å². The Labute approximate surface area is 179 Å². The zero-order valence-electron chi connectivity index (χ0n) is 19.1. The van der Waals surface area contributed by atoms with Crippen LogP contribution < -0.4 is 0 Å². The van der Waals surface area contributed by atoms with E-state index in [0.29, 0.717) is 10.8 Å². The fraction of sp³-hybridized carbons (Fsp3) is 0.800. The minimum absolute atomic E-state index is 0.694. The Balaban J connectivity index is 3.95. The fourth-order valence-electron chi connectivity index (χ4n) is 4.73. The number of nitrogens with zero attached hydrogens (tertiary/aromatic N) is 3. The average Bonchev–Trinajstić information content (AvgIpc) is 3.13. The maximum atomic E-state index is 14.1. The van der Waals surface area contributed by atoms with Gasteiger partial charge in [0.05, 0.1) is 0 Å². The zero-order chi connectivity index (χ0) is 21.8. The molecule has 0 aliphatic heterocycles. The standard InChI is InChI=1S/C8H10F3Ge.3C4H10N.Zr/c1-12(2,8(9,10)11)7-5-3-4-6-7;3*1-3-5-4-2;/h3,5H,4H2,1-2H3;3*3-4H2,1-2H3;/q;3*-1;+3. The van der Waals surface area contributed by atoms with E-state index in [2.05, 4.69) is 50.1 Å². The van der Waals surface area contributed by atoms with Crippen LogP contribution >= 0.6 is 0 Å². The number of rotatable bonds is 11. The van der Waals surface area contributed by atoms with Crippen LogP contribution in [0.4, 0.5) is 13.2 Å². The van der Waals surface area contributed by atoms with E-state index < -0.39 is 39.4 Å². The molecule has 28 heavy (non-hydrogen) atoms. The number of halogens is 3. The molecule has 0 amide bonds. The predicted octanol–water partition coefficient (Wildman–Crippen LogP) is 5.47. The number of alkyl halides is 3. The average molecular weight is 543 g/mol. The summed E-state index contributed by atoms with van der Waals surface area (Å²) in [7, 11) is 0. The van der Waals surface area contributed by atoms with Crippen LogP contribution in [-0.2, 0) is 21.1 Å². The number of allylic oxidation sites excluding steroid dienone is 4. The van der Waals surface area contributed by atoms with Gasteiger partial charge in [-0.25, -0.2) is 0 Å². The van der Waals surface area contributed by atoms with Gasteiger partial charge < -0.3 is 0 Å². The Morgan fingerprint density at radius 2 is 1.18 bits per heavy atom. The van der Waals surface area contributed by atoms with Gasteiger partial charge in [-0.1, -0.05) is 0 Å². The van der Waals surface area contributed by atoms with Gasteiger partial charge in [0.25, 0.3) is 0 Å². The molecule has 0 aromatic rings. The van der Waals surface area contributed by atoms with Crippen molar-refractivity contribution in [3.05, 3.63) is 19.8 Å². The second-order valence-corrected chi connectivity index (χ2v) is 26.2. The Morgan fingerprint density at radius 1 is 0.821 bits per heavy atom. The van der Waals surface area contributed by atoms with Gasteiger partial charge in [-0.15, -0.1) is 0 Å². The molecule has 0 saturated heterocycles. The summed E-state index contributed by atoms with van der Waals surface area (Å²) in [5.41, 5.74) is 0. The van der Waals surface area contributed by atoms with Crippen molar-refractivity contribution >= 4 is 13.3 Å². The van der Waals surface area contributed by atoms with Gasteiger partial charge in [-0.05, 0) is 0 Å². The Bertz CT molecular complexity index is 532. The summed E-state index contributed by atoms with van der Waals surface area (Å²) in [6.07, 6.45) is 4.55. The summed E-state index contributed by atoms with van der Waals surface area (Å²) in [6, 6.07) is 0. The van der Waals surface area contributed by atoms with Gasteiger partial charge in [0, 0.05) is 0 Å². The molecular weight excluding hydrogens is 503 g/mol. The molecule has 0 aromatic carbocycles. The van der Waals surface area contributed by atoms with Crippen LogP contribution in [0.1, 0.15) is 48.0 Å². The van der Waals surface area contributed by atoms with Gasteiger partial charge in [0.1, 0.15) is 0 Å². The molecule has 1 aliphatic carbocycles. The van der Waals surface area contributed by atoms with E-state index >= 15 is 0 Å². The zero-order valence-corrected chi connectivity index (χ0v) is 23.6. The molecular formula is C20H40F3GeN3Zr. The van der Waals surface area contributed by atoms with E-state index in [9.17, 15) is 13.2 Å². The normalized spacial score (nSPS) is 16.4. The van der Waals surface area contributed by atoms with Gasteiger partial charge in [-0.2, -0.15) is 0 Å². The van der Waals surface area contributed by atoms with Crippen LogP contribution in [0, 0.1) is 0 Å². The second-order valence-electron chi connectivity index (χ2n) is 7.77. The Morgan fingerprint density at radius 3 is 1.46 bits per heavy atom. The third-order valence-electron chi connectivity index (χ3n) is 6.33. The molecule has 0 bridgehead atoms. The molecule has 8 heteroatoms. The van der Waals surface area contributed by atoms with E-state index in [1.54, 1.807) is 0 Å². The summed E-state index contributed by atoms with van der Waals surface area (Å²) in [5, 5.41) is -4.08. The monoisotopic (exact) mass is 543 g/mol. The summed E-state index contributed by atoms with van der Waals surface area (Å²) < 4.78 is 52.0. The van der Waals surface area contributed by atoms with Crippen LogP contribution in [0.5, 0.6) is 0 Å². The van der Waals surface area contributed by atoms with E-state index in [0.717, 1.165) is 39.3 Å². The quantitative estimate of drug-likeness (QED) is 0.320. The molecule has 0 radical (unpaired) electrons. The molecule has 1 rings (SSSR count). The first-order chi connectivity index (χ1) is 13.0. The van der Waals surface area contributed by atoms with Crippen LogP contribution in [-0.4, -0.2) is 66.1 Å².